The monoisotopic (exact) mass is 443 g/mol. The summed E-state index contributed by atoms with van der Waals surface area (Å²) in [5.41, 5.74) is 2.68. The molecule has 2 aromatic rings. The Labute approximate surface area is 189 Å². The molecule has 0 aliphatic carbocycles. The Morgan fingerprint density at radius 3 is 2.42 bits per heavy atom. The minimum absolute atomic E-state index is 0.0267. The van der Waals surface area contributed by atoms with Crippen molar-refractivity contribution in [3.05, 3.63) is 53.1 Å². The summed E-state index contributed by atoms with van der Waals surface area (Å²) in [5.74, 6) is 0.812. The molecule has 6 nitrogen and oxygen atoms in total. The number of amides is 1. The van der Waals surface area contributed by atoms with E-state index in [1.807, 2.05) is 38.1 Å². The molecule has 31 heavy (non-hydrogen) atoms. The molecule has 1 fully saturated rings. The molecule has 0 atom stereocenters. The van der Waals surface area contributed by atoms with Gasteiger partial charge >= 0.3 is 0 Å². The van der Waals surface area contributed by atoms with Gasteiger partial charge in [0.15, 0.2) is 11.5 Å². The van der Waals surface area contributed by atoms with Crippen molar-refractivity contribution in [1.82, 2.24) is 4.90 Å². The van der Waals surface area contributed by atoms with Gasteiger partial charge in [0.25, 0.3) is 0 Å². The number of halogens is 1. The van der Waals surface area contributed by atoms with E-state index in [0.29, 0.717) is 16.5 Å². The Kier molecular flexibility index (Phi) is 7.82. The summed E-state index contributed by atoms with van der Waals surface area (Å²) in [6.45, 7) is 7.98. The highest BCUT2D eigenvalue weighted by Gasteiger charge is 2.14. The number of methoxy groups -OCH3 is 1. The van der Waals surface area contributed by atoms with Crippen LogP contribution >= 0.6 is 11.6 Å². The summed E-state index contributed by atoms with van der Waals surface area (Å²) in [6, 6.07) is 11.5. The average molecular weight is 444 g/mol. The average Bonchev–Trinajstić information content (AvgIpc) is 2.75. The number of anilines is 2. The fourth-order valence-electron chi connectivity index (χ4n) is 3.36. The minimum Gasteiger partial charge on any atom is -0.493 e. The van der Waals surface area contributed by atoms with E-state index in [0.717, 1.165) is 37.4 Å². The lowest BCUT2D eigenvalue weighted by molar-refractivity contribution is -0.111. The maximum absolute atomic E-state index is 12.4. The van der Waals surface area contributed by atoms with Crippen molar-refractivity contribution >= 4 is 35.0 Å². The lowest BCUT2D eigenvalue weighted by Crippen LogP contribution is -2.44. The van der Waals surface area contributed by atoms with Crippen LogP contribution < -0.4 is 19.7 Å². The van der Waals surface area contributed by atoms with Crippen molar-refractivity contribution in [3.63, 3.8) is 0 Å². The first-order valence-corrected chi connectivity index (χ1v) is 10.8. The Balaban J connectivity index is 1.62. The number of piperazine rings is 1. The Morgan fingerprint density at radius 1 is 1.13 bits per heavy atom. The Hall–Kier alpha value is -2.70. The van der Waals surface area contributed by atoms with Gasteiger partial charge in [0.1, 0.15) is 0 Å². The zero-order valence-corrected chi connectivity index (χ0v) is 19.3. The number of rotatable bonds is 7. The fraction of sp³-hybridized carbons (Fsp3) is 0.375. The molecule has 1 amide bonds. The third-order valence-corrected chi connectivity index (χ3v) is 5.32. The molecule has 1 heterocycles. The summed E-state index contributed by atoms with van der Waals surface area (Å²) >= 11 is 6.34. The van der Waals surface area contributed by atoms with Gasteiger partial charge in [-0.15, -0.1) is 0 Å². The highest BCUT2D eigenvalue weighted by atomic mass is 35.5. The van der Waals surface area contributed by atoms with Crippen LogP contribution in [0.3, 0.4) is 0 Å². The quantitative estimate of drug-likeness (QED) is 0.637. The molecule has 0 spiro atoms. The van der Waals surface area contributed by atoms with Gasteiger partial charge in [-0.2, -0.15) is 0 Å². The van der Waals surface area contributed by atoms with Crippen molar-refractivity contribution in [2.45, 2.75) is 20.0 Å². The highest BCUT2D eigenvalue weighted by Crippen LogP contribution is 2.37. The summed E-state index contributed by atoms with van der Waals surface area (Å²) in [7, 11) is 3.70. The van der Waals surface area contributed by atoms with Crippen LogP contribution in [0.5, 0.6) is 11.5 Å². The van der Waals surface area contributed by atoms with Crippen LogP contribution in [-0.4, -0.2) is 57.2 Å². The van der Waals surface area contributed by atoms with Crippen molar-refractivity contribution in [2.75, 3.05) is 50.6 Å². The van der Waals surface area contributed by atoms with E-state index >= 15 is 0 Å². The van der Waals surface area contributed by atoms with Crippen LogP contribution in [0.1, 0.15) is 19.4 Å². The second-order valence-electron chi connectivity index (χ2n) is 7.86. The molecule has 1 saturated heterocycles. The Bertz CT molecular complexity index is 920. The summed E-state index contributed by atoms with van der Waals surface area (Å²) in [4.78, 5) is 17.0. The van der Waals surface area contributed by atoms with E-state index in [4.69, 9.17) is 21.1 Å². The topological polar surface area (TPSA) is 54.0 Å². The first kappa shape index (κ1) is 23.0. The molecule has 166 valence electrons. The largest absolute Gasteiger partial charge is 0.493 e. The van der Waals surface area contributed by atoms with Crippen molar-refractivity contribution in [2.24, 2.45) is 0 Å². The number of nitrogens with one attached hydrogen (secondary N) is 1. The SMILES string of the molecule is COc1cc(/C=C/C(=O)Nc2ccc(N3CCN(C)CC3)cc2)cc(Cl)c1OC(C)C. The standard InChI is InChI=1S/C24H30ClN3O3/c1-17(2)31-24-21(25)15-18(16-22(24)30-4)5-10-23(29)26-19-6-8-20(9-7-19)28-13-11-27(3)12-14-28/h5-10,15-17H,11-14H2,1-4H3,(H,26,29)/b10-5+. The van der Waals surface area contributed by atoms with E-state index in [-0.39, 0.29) is 12.0 Å². The maximum atomic E-state index is 12.4. The molecule has 0 aromatic heterocycles. The zero-order valence-electron chi connectivity index (χ0n) is 18.5. The van der Waals surface area contributed by atoms with E-state index in [1.165, 1.54) is 11.8 Å². The molecule has 1 aliphatic rings. The van der Waals surface area contributed by atoms with Gasteiger partial charge in [0.2, 0.25) is 5.91 Å². The molecule has 1 aliphatic heterocycles. The third kappa shape index (κ3) is 6.39. The predicted octanol–water partition coefficient (Wildman–Crippen LogP) is 4.54. The smallest absolute Gasteiger partial charge is 0.248 e. The van der Waals surface area contributed by atoms with E-state index in [1.54, 1.807) is 25.3 Å². The zero-order chi connectivity index (χ0) is 22.4. The molecule has 0 radical (unpaired) electrons. The van der Waals surface area contributed by atoms with Crippen LogP contribution in [0.4, 0.5) is 11.4 Å². The van der Waals surface area contributed by atoms with Crippen molar-refractivity contribution < 1.29 is 14.3 Å². The molecule has 7 heteroatoms. The molecule has 1 N–H and O–H groups in total. The van der Waals surface area contributed by atoms with Crippen molar-refractivity contribution in [1.29, 1.82) is 0 Å². The van der Waals surface area contributed by atoms with Gasteiger partial charge < -0.3 is 24.6 Å². The number of carbonyl (C=O) groups is 1. The molecule has 0 saturated carbocycles. The lowest BCUT2D eigenvalue weighted by Gasteiger charge is -2.34. The fourth-order valence-corrected chi connectivity index (χ4v) is 3.63. The van der Waals surface area contributed by atoms with Gasteiger partial charge in [-0.05, 0) is 68.9 Å². The number of likely N-dealkylation sites (N-methyl/N-ethyl adjacent to an activating group) is 1. The number of hydrogen-bond donors (Lipinski definition) is 1. The maximum Gasteiger partial charge on any atom is 0.248 e. The first-order chi connectivity index (χ1) is 14.9. The van der Waals surface area contributed by atoms with Gasteiger partial charge in [-0.3, -0.25) is 4.79 Å². The summed E-state index contributed by atoms with van der Waals surface area (Å²) < 4.78 is 11.1. The normalized spacial score (nSPS) is 14.8. The third-order valence-electron chi connectivity index (χ3n) is 5.04. The van der Waals surface area contributed by atoms with Gasteiger partial charge in [-0.1, -0.05) is 11.6 Å². The second-order valence-corrected chi connectivity index (χ2v) is 8.27. The van der Waals surface area contributed by atoms with Crippen molar-refractivity contribution in [3.8, 4) is 11.5 Å². The van der Waals surface area contributed by atoms with Crippen LogP contribution in [0.15, 0.2) is 42.5 Å². The lowest BCUT2D eigenvalue weighted by atomic mass is 10.1. The van der Waals surface area contributed by atoms with Gasteiger partial charge in [0.05, 0.1) is 18.2 Å². The molecule has 3 rings (SSSR count). The van der Waals surface area contributed by atoms with E-state index in [2.05, 4.69) is 22.2 Å². The van der Waals surface area contributed by atoms with Crippen LogP contribution in [0, 0.1) is 0 Å². The number of benzene rings is 2. The number of ether oxygens (including phenoxy) is 2. The van der Waals surface area contributed by atoms with Crippen LogP contribution in [0.25, 0.3) is 6.08 Å². The number of nitrogens with zero attached hydrogens (tertiary/aromatic N) is 2. The molecular weight excluding hydrogens is 414 g/mol. The predicted molar refractivity (Wildman–Crippen MR) is 128 cm³/mol. The Morgan fingerprint density at radius 2 is 1.81 bits per heavy atom. The minimum atomic E-state index is -0.218. The van der Waals surface area contributed by atoms with E-state index in [9.17, 15) is 4.79 Å². The summed E-state index contributed by atoms with van der Waals surface area (Å²) in [5, 5.41) is 3.33. The van der Waals surface area contributed by atoms with Gasteiger partial charge in [0, 0.05) is 43.6 Å². The van der Waals surface area contributed by atoms with E-state index < -0.39 is 0 Å². The molecule has 2 aromatic carbocycles. The van der Waals surface area contributed by atoms with Crippen LogP contribution in [0.2, 0.25) is 5.02 Å². The molecular formula is C24H30ClN3O3. The van der Waals surface area contributed by atoms with Gasteiger partial charge in [-0.25, -0.2) is 0 Å². The number of hydrogen-bond acceptors (Lipinski definition) is 5. The number of carbonyl (C=O) groups excluding carboxylic acids is 1. The summed E-state index contributed by atoms with van der Waals surface area (Å²) in [6.07, 6.45) is 3.14. The highest BCUT2D eigenvalue weighted by molar-refractivity contribution is 6.32. The second kappa shape index (κ2) is 10.6. The van der Waals surface area contributed by atoms with Crippen LogP contribution in [-0.2, 0) is 4.79 Å². The molecule has 0 bridgehead atoms. The first-order valence-electron chi connectivity index (χ1n) is 10.4. The molecule has 0 unspecified atom stereocenters.